The van der Waals surface area contributed by atoms with Crippen molar-refractivity contribution in [2.75, 3.05) is 39.9 Å². The summed E-state index contributed by atoms with van der Waals surface area (Å²) in [4.78, 5) is 34.7. The van der Waals surface area contributed by atoms with E-state index in [9.17, 15) is 9.59 Å². The van der Waals surface area contributed by atoms with Gasteiger partial charge in [-0.3, -0.25) is 24.4 Å². The van der Waals surface area contributed by atoms with Gasteiger partial charge in [-0.25, -0.2) is 0 Å². The molecule has 0 bridgehead atoms. The van der Waals surface area contributed by atoms with Gasteiger partial charge in [-0.1, -0.05) is 6.07 Å². The number of likely N-dealkylation sites (N-methyl/N-ethyl adjacent to an activating group) is 1. The quantitative estimate of drug-likeness (QED) is 0.784. The van der Waals surface area contributed by atoms with Crippen LogP contribution in [0, 0.1) is 0 Å². The fourth-order valence-electron chi connectivity index (χ4n) is 2.42. The molecule has 2 aliphatic heterocycles. The van der Waals surface area contributed by atoms with Crippen LogP contribution in [0.1, 0.15) is 5.56 Å². The minimum atomic E-state index is -0.210. The molecule has 3 rings (SSSR count). The molecule has 0 aromatic carbocycles. The Hall–Kier alpha value is -1.70. The van der Waals surface area contributed by atoms with Crippen LogP contribution in [-0.4, -0.2) is 70.7 Å². The normalized spacial score (nSPS) is 22.8. The average Bonchev–Trinajstić information content (AvgIpc) is 2.78. The van der Waals surface area contributed by atoms with Gasteiger partial charge >= 0.3 is 0 Å². The molecule has 2 amide bonds. The summed E-state index contributed by atoms with van der Waals surface area (Å²) < 4.78 is 0. The number of aromatic nitrogens is 1. The second kappa shape index (κ2) is 6.60. The second-order valence-corrected chi connectivity index (χ2v) is 6.45. The van der Waals surface area contributed by atoms with Crippen LogP contribution < -0.4 is 0 Å². The third kappa shape index (κ3) is 3.37. The van der Waals surface area contributed by atoms with Crippen molar-refractivity contribution in [1.29, 1.82) is 0 Å². The number of hydrogen-bond acceptors (Lipinski definition) is 6. The summed E-state index contributed by atoms with van der Waals surface area (Å²) in [6, 6.07) is 3.67. The Balaban J connectivity index is 1.68. The molecule has 1 aromatic heterocycles. The molecule has 0 N–H and O–H groups in total. The first-order valence-electron chi connectivity index (χ1n) is 7.20. The molecular weight excluding hydrogens is 300 g/mol. The predicted octanol–water partition coefficient (Wildman–Crippen LogP) is 1.32. The highest BCUT2D eigenvalue weighted by Gasteiger charge is 2.36. The van der Waals surface area contributed by atoms with Crippen molar-refractivity contribution in [3.05, 3.63) is 35.0 Å². The second-order valence-electron chi connectivity index (χ2n) is 5.46. The van der Waals surface area contributed by atoms with E-state index in [1.54, 1.807) is 24.5 Å². The maximum absolute atomic E-state index is 12.4. The van der Waals surface area contributed by atoms with Gasteiger partial charge in [0.05, 0.1) is 11.6 Å². The molecule has 2 aliphatic rings. The van der Waals surface area contributed by atoms with Gasteiger partial charge in [0.1, 0.15) is 0 Å². The topological polar surface area (TPSA) is 56.8 Å². The number of carbonyl (C=O) groups is 2. The number of hydrogen-bond donors (Lipinski definition) is 0. The number of piperazine rings is 1. The van der Waals surface area contributed by atoms with Crippen molar-refractivity contribution >= 4 is 29.0 Å². The first kappa shape index (κ1) is 15.2. The maximum Gasteiger partial charge on any atom is 0.294 e. The molecule has 116 valence electrons. The van der Waals surface area contributed by atoms with E-state index in [0.29, 0.717) is 11.6 Å². The van der Waals surface area contributed by atoms with Crippen molar-refractivity contribution in [3.8, 4) is 0 Å². The summed E-state index contributed by atoms with van der Waals surface area (Å²) in [5.41, 5.74) is 0.826. The van der Waals surface area contributed by atoms with Gasteiger partial charge in [-0.15, -0.1) is 0 Å². The molecule has 2 fully saturated rings. The number of pyridine rings is 1. The fraction of sp³-hybridized carbons (Fsp3) is 0.400. The summed E-state index contributed by atoms with van der Waals surface area (Å²) in [5, 5.41) is -0.195. The van der Waals surface area contributed by atoms with Crippen LogP contribution in [-0.2, 0) is 4.79 Å². The van der Waals surface area contributed by atoms with E-state index in [0.717, 1.165) is 43.5 Å². The molecule has 6 nitrogen and oxygen atoms in total. The number of carbonyl (C=O) groups excluding carboxylic acids is 2. The summed E-state index contributed by atoms with van der Waals surface area (Å²) in [6.45, 7) is 4.05. The van der Waals surface area contributed by atoms with Crippen LogP contribution >= 0.6 is 11.8 Å². The Labute approximate surface area is 133 Å². The highest BCUT2D eigenvalue weighted by Crippen LogP contribution is 2.32. The lowest BCUT2D eigenvalue weighted by Gasteiger charge is -2.33. The summed E-state index contributed by atoms with van der Waals surface area (Å²) in [5.74, 6) is -0.210. The monoisotopic (exact) mass is 318 g/mol. The molecule has 2 saturated heterocycles. The lowest BCUT2D eigenvalue weighted by molar-refractivity contribution is -0.124. The number of thioether (sulfide) groups is 1. The van der Waals surface area contributed by atoms with Crippen LogP contribution in [0.25, 0.3) is 6.08 Å². The molecule has 22 heavy (non-hydrogen) atoms. The zero-order valence-electron chi connectivity index (χ0n) is 12.4. The van der Waals surface area contributed by atoms with E-state index in [-0.39, 0.29) is 11.1 Å². The van der Waals surface area contributed by atoms with E-state index in [2.05, 4.69) is 21.8 Å². The van der Waals surface area contributed by atoms with Crippen LogP contribution in [0.2, 0.25) is 0 Å². The molecular formula is C15H18N4O2S. The first-order chi connectivity index (χ1) is 10.6. The minimum absolute atomic E-state index is 0.195. The molecule has 0 saturated carbocycles. The number of rotatable bonds is 3. The van der Waals surface area contributed by atoms with E-state index >= 15 is 0 Å². The lowest BCUT2D eigenvalue weighted by Crippen LogP contribution is -2.49. The Kier molecular flexibility index (Phi) is 4.56. The fourth-order valence-corrected chi connectivity index (χ4v) is 3.26. The van der Waals surface area contributed by atoms with Gasteiger partial charge in [-0.05, 0) is 36.5 Å². The van der Waals surface area contributed by atoms with Crippen LogP contribution in [0.3, 0.4) is 0 Å². The molecule has 0 aliphatic carbocycles. The van der Waals surface area contributed by atoms with E-state index in [1.165, 1.54) is 4.90 Å². The smallest absolute Gasteiger partial charge is 0.294 e. The lowest BCUT2D eigenvalue weighted by atomic mass is 10.2. The van der Waals surface area contributed by atoms with Crippen LogP contribution in [0.5, 0.6) is 0 Å². The third-order valence-corrected chi connectivity index (χ3v) is 4.70. The largest absolute Gasteiger partial charge is 0.304 e. The summed E-state index contributed by atoms with van der Waals surface area (Å²) in [6.07, 6.45) is 5.08. The Morgan fingerprint density at radius 2 is 2.05 bits per heavy atom. The van der Waals surface area contributed by atoms with Gasteiger partial charge in [0.2, 0.25) is 0 Å². The molecule has 0 spiro atoms. The number of nitrogens with zero attached hydrogens (tertiary/aromatic N) is 4. The average molecular weight is 318 g/mol. The Morgan fingerprint density at radius 3 is 2.73 bits per heavy atom. The number of amides is 2. The highest BCUT2D eigenvalue weighted by atomic mass is 32.2. The van der Waals surface area contributed by atoms with Crippen molar-refractivity contribution in [1.82, 2.24) is 19.7 Å². The van der Waals surface area contributed by atoms with Crippen molar-refractivity contribution in [2.24, 2.45) is 0 Å². The van der Waals surface area contributed by atoms with Crippen LogP contribution in [0.4, 0.5) is 4.79 Å². The van der Waals surface area contributed by atoms with E-state index in [4.69, 9.17) is 0 Å². The maximum atomic E-state index is 12.4. The van der Waals surface area contributed by atoms with Gasteiger partial charge in [0.25, 0.3) is 11.1 Å². The van der Waals surface area contributed by atoms with E-state index in [1.807, 2.05) is 6.07 Å². The Bertz CT molecular complexity index is 597. The Morgan fingerprint density at radius 1 is 1.27 bits per heavy atom. The minimum Gasteiger partial charge on any atom is -0.304 e. The summed E-state index contributed by atoms with van der Waals surface area (Å²) >= 11 is 0.999. The van der Waals surface area contributed by atoms with Gasteiger partial charge in [0, 0.05) is 38.6 Å². The molecule has 3 heterocycles. The molecule has 1 aromatic rings. The predicted molar refractivity (Wildman–Crippen MR) is 86.0 cm³/mol. The number of imide groups is 1. The highest BCUT2D eigenvalue weighted by molar-refractivity contribution is 8.18. The van der Waals surface area contributed by atoms with Gasteiger partial charge in [0.15, 0.2) is 0 Å². The van der Waals surface area contributed by atoms with Crippen LogP contribution in [0.15, 0.2) is 29.4 Å². The van der Waals surface area contributed by atoms with Crippen molar-refractivity contribution in [3.63, 3.8) is 0 Å². The molecule has 0 radical (unpaired) electrons. The third-order valence-electron chi connectivity index (χ3n) is 3.79. The molecule has 0 unspecified atom stereocenters. The summed E-state index contributed by atoms with van der Waals surface area (Å²) in [7, 11) is 2.08. The molecule has 0 atom stereocenters. The van der Waals surface area contributed by atoms with Crippen molar-refractivity contribution in [2.45, 2.75) is 0 Å². The standard InChI is InChI=1S/C15H18N4O2S/c1-17-5-7-18(8-6-17)11-19-14(20)13(22-15(19)21)9-12-3-2-4-16-10-12/h2-4,9-10H,5-8,11H2,1H3. The van der Waals surface area contributed by atoms with Gasteiger partial charge < -0.3 is 4.90 Å². The van der Waals surface area contributed by atoms with E-state index < -0.39 is 0 Å². The first-order valence-corrected chi connectivity index (χ1v) is 8.01. The van der Waals surface area contributed by atoms with Gasteiger partial charge in [-0.2, -0.15) is 0 Å². The zero-order valence-corrected chi connectivity index (χ0v) is 13.3. The SMILES string of the molecule is CN1CCN(CN2C(=O)SC(=Cc3cccnc3)C2=O)CC1. The molecule has 7 heteroatoms. The van der Waals surface area contributed by atoms with Crippen molar-refractivity contribution < 1.29 is 9.59 Å². The zero-order chi connectivity index (χ0) is 15.5.